The summed E-state index contributed by atoms with van der Waals surface area (Å²) in [6.07, 6.45) is 3.70. The zero-order valence-electron chi connectivity index (χ0n) is 12.8. The first-order valence-electron chi connectivity index (χ1n) is 7.79. The first-order valence-corrected chi connectivity index (χ1v) is 8.17. The Hall–Kier alpha value is -2.65. The van der Waals surface area contributed by atoms with Crippen molar-refractivity contribution in [3.05, 3.63) is 87.0 Å². The number of halogens is 1. The van der Waals surface area contributed by atoms with Gasteiger partial charge in [0.05, 0.1) is 10.3 Å². The van der Waals surface area contributed by atoms with Crippen LogP contribution in [0.2, 0.25) is 0 Å². The molecule has 4 heteroatoms. The maximum absolute atomic E-state index is 11.5. The minimum Gasteiger partial charge on any atom is -0.258 e. The van der Waals surface area contributed by atoms with E-state index in [-0.39, 0.29) is 10.6 Å². The molecule has 3 aromatic carbocycles. The van der Waals surface area contributed by atoms with Gasteiger partial charge in [-0.15, -0.1) is 0 Å². The number of hydrogen-bond donors (Lipinski definition) is 0. The van der Waals surface area contributed by atoms with Crippen LogP contribution in [0.3, 0.4) is 0 Å². The lowest BCUT2D eigenvalue weighted by atomic mass is 9.97. The lowest BCUT2D eigenvalue weighted by Crippen LogP contribution is -1.94. The van der Waals surface area contributed by atoms with Gasteiger partial charge in [-0.25, -0.2) is 0 Å². The lowest BCUT2D eigenvalue weighted by molar-refractivity contribution is -0.383. The van der Waals surface area contributed by atoms with Gasteiger partial charge in [0.1, 0.15) is 0 Å². The molecule has 1 aliphatic carbocycles. The summed E-state index contributed by atoms with van der Waals surface area (Å²) in [6, 6.07) is 17.1. The number of nitrogens with zero attached hydrogens (tertiary/aromatic N) is 1. The van der Waals surface area contributed by atoms with E-state index in [4.69, 9.17) is 11.6 Å². The van der Waals surface area contributed by atoms with Crippen LogP contribution < -0.4 is 0 Å². The van der Waals surface area contributed by atoms with E-state index in [1.807, 2.05) is 54.6 Å². The van der Waals surface area contributed by atoms with E-state index >= 15 is 0 Å². The molecule has 0 saturated heterocycles. The van der Waals surface area contributed by atoms with Crippen LogP contribution in [0.4, 0.5) is 5.69 Å². The van der Waals surface area contributed by atoms with Crippen LogP contribution >= 0.6 is 11.6 Å². The molecule has 0 aromatic heterocycles. The van der Waals surface area contributed by atoms with Crippen molar-refractivity contribution in [1.29, 1.82) is 0 Å². The van der Waals surface area contributed by atoms with E-state index < -0.39 is 0 Å². The molecule has 0 amide bonds. The Morgan fingerprint density at radius 1 is 0.958 bits per heavy atom. The maximum Gasteiger partial charge on any atom is 0.277 e. The Bertz CT molecular complexity index is 983. The Labute approximate surface area is 144 Å². The molecule has 3 aromatic rings. The molecule has 0 spiro atoms. The molecule has 118 valence electrons. The molecule has 0 saturated carbocycles. The second-order valence-electron chi connectivity index (χ2n) is 5.93. The molecular weight excluding hydrogens is 322 g/mol. The average Bonchev–Trinajstić information content (AvgIpc) is 3.01. The fourth-order valence-electron chi connectivity index (χ4n) is 3.44. The fraction of sp³-hybridized carbons (Fsp3) is 0.100. The number of non-ortho nitro benzene ring substituents is 1. The summed E-state index contributed by atoms with van der Waals surface area (Å²) in [7, 11) is 0. The molecule has 0 N–H and O–H groups in total. The SMILES string of the molecule is O=[N+]([O-])c1ccc2c3c(ccc(/C(Cl)=C\c4ccccc4)c13)CC2. The molecule has 0 bridgehead atoms. The van der Waals surface area contributed by atoms with Crippen LogP contribution in [0.15, 0.2) is 54.6 Å². The van der Waals surface area contributed by atoms with Crippen molar-refractivity contribution in [2.45, 2.75) is 12.8 Å². The zero-order chi connectivity index (χ0) is 16.7. The van der Waals surface area contributed by atoms with Crippen LogP contribution in [0.1, 0.15) is 22.3 Å². The molecule has 0 heterocycles. The van der Waals surface area contributed by atoms with Crippen LogP contribution in [-0.2, 0) is 12.8 Å². The van der Waals surface area contributed by atoms with Crippen molar-refractivity contribution >= 4 is 39.2 Å². The minimum absolute atomic E-state index is 0.118. The van der Waals surface area contributed by atoms with E-state index in [1.165, 1.54) is 0 Å². The first kappa shape index (κ1) is 14.9. The summed E-state index contributed by atoms with van der Waals surface area (Å²) in [6.45, 7) is 0. The standard InChI is InChI=1S/C20H14ClNO2/c21-17(12-13-4-2-1-3-5-13)16-10-8-14-6-7-15-9-11-18(22(23)24)20(16)19(14)15/h1-5,8-12H,6-7H2/b17-12+. The number of benzene rings is 3. The normalized spacial score (nSPS) is 13.5. The van der Waals surface area contributed by atoms with Gasteiger partial charge in [-0.1, -0.05) is 60.1 Å². The smallest absolute Gasteiger partial charge is 0.258 e. The topological polar surface area (TPSA) is 43.1 Å². The highest BCUT2D eigenvalue weighted by atomic mass is 35.5. The average molecular weight is 336 g/mol. The fourth-order valence-corrected chi connectivity index (χ4v) is 3.72. The second-order valence-corrected chi connectivity index (χ2v) is 6.33. The van der Waals surface area contributed by atoms with Gasteiger partial charge < -0.3 is 0 Å². The Morgan fingerprint density at radius 3 is 2.29 bits per heavy atom. The summed E-state index contributed by atoms with van der Waals surface area (Å²) in [5, 5.41) is 13.7. The number of nitro groups is 1. The van der Waals surface area contributed by atoms with Crippen molar-refractivity contribution in [2.75, 3.05) is 0 Å². The van der Waals surface area contributed by atoms with Gasteiger partial charge in [0, 0.05) is 16.7 Å². The lowest BCUT2D eigenvalue weighted by Gasteiger charge is -2.09. The van der Waals surface area contributed by atoms with Gasteiger partial charge in [0.15, 0.2) is 0 Å². The summed E-state index contributed by atoms with van der Waals surface area (Å²) in [4.78, 5) is 11.2. The molecule has 0 aliphatic heterocycles. The molecule has 3 nitrogen and oxygen atoms in total. The molecule has 0 radical (unpaired) electrons. The van der Waals surface area contributed by atoms with Gasteiger partial charge >= 0.3 is 0 Å². The summed E-state index contributed by atoms with van der Waals surface area (Å²) in [5.74, 6) is 0. The van der Waals surface area contributed by atoms with E-state index in [1.54, 1.807) is 6.07 Å². The summed E-state index contributed by atoms with van der Waals surface area (Å²) >= 11 is 6.56. The number of aryl methyl sites for hydroxylation is 2. The third-order valence-corrected chi connectivity index (χ3v) is 4.83. The predicted molar refractivity (Wildman–Crippen MR) is 98.2 cm³/mol. The molecule has 1 aliphatic rings. The Kier molecular flexibility index (Phi) is 3.58. The Balaban J connectivity index is 2.00. The minimum atomic E-state index is -0.322. The maximum atomic E-state index is 11.5. The van der Waals surface area contributed by atoms with Crippen molar-refractivity contribution < 1.29 is 4.92 Å². The molecular formula is C20H14ClNO2. The molecule has 0 unspecified atom stereocenters. The van der Waals surface area contributed by atoms with Crippen molar-refractivity contribution in [2.24, 2.45) is 0 Å². The van der Waals surface area contributed by atoms with E-state index in [9.17, 15) is 10.1 Å². The Morgan fingerprint density at radius 2 is 1.62 bits per heavy atom. The summed E-state index contributed by atoms with van der Waals surface area (Å²) < 4.78 is 0. The molecule has 0 atom stereocenters. The van der Waals surface area contributed by atoms with Gasteiger partial charge in [-0.05, 0) is 41.0 Å². The third kappa shape index (κ3) is 2.38. The number of rotatable bonds is 3. The predicted octanol–water partition coefficient (Wildman–Crippen LogP) is 5.58. The highest BCUT2D eigenvalue weighted by Gasteiger charge is 2.24. The largest absolute Gasteiger partial charge is 0.277 e. The van der Waals surface area contributed by atoms with Crippen molar-refractivity contribution in [3.63, 3.8) is 0 Å². The van der Waals surface area contributed by atoms with Gasteiger partial charge in [0.25, 0.3) is 5.69 Å². The van der Waals surface area contributed by atoms with E-state index in [0.717, 1.165) is 40.5 Å². The van der Waals surface area contributed by atoms with Crippen molar-refractivity contribution in [3.8, 4) is 0 Å². The summed E-state index contributed by atoms with van der Waals surface area (Å²) in [5.41, 5.74) is 4.13. The van der Waals surface area contributed by atoms with Gasteiger partial charge in [-0.3, -0.25) is 10.1 Å². The van der Waals surface area contributed by atoms with Crippen LogP contribution in [0.25, 0.3) is 21.9 Å². The van der Waals surface area contributed by atoms with Crippen LogP contribution in [-0.4, -0.2) is 4.92 Å². The van der Waals surface area contributed by atoms with Crippen LogP contribution in [0.5, 0.6) is 0 Å². The molecule has 0 fully saturated rings. The highest BCUT2D eigenvalue weighted by Crippen LogP contribution is 2.41. The van der Waals surface area contributed by atoms with Gasteiger partial charge in [0.2, 0.25) is 0 Å². The highest BCUT2D eigenvalue weighted by molar-refractivity contribution is 6.52. The molecule has 4 rings (SSSR count). The van der Waals surface area contributed by atoms with E-state index in [0.29, 0.717) is 10.4 Å². The third-order valence-electron chi connectivity index (χ3n) is 4.52. The number of nitro benzene ring substituents is 1. The quantitative estimate of drug-likeness (QED) is 0.356. The molecule has 24 heavy (non-hydrogen) atoms. The van der Waals surface area contributed by atoms with Crippen LogP contribution in [0, 0.1) is 10.1 Å². The second kappa shape index (κ2) is 5.77. The van der Waals surface area contributed by atoms with E-state index in [2.05, 4.69) is 0 Å². The monoisotopic (exact) mass is 335 g/mol. The van der Waals surface area contributed by atoms with Gasteiger partial charge in [-0.2, -0.15) is 0 Å². The van der Waals surface area contributed by atoms with Crippen molar-refractivity contribution in [1.82, 2.24) is 0 Å². The number of hydrogen-bond acceptors (Lipinski definition) is 2. The zero-order valence-corrected chi connectivity index (χ0v) is 13.6. The first-order chi connectivity index (χ1) is 11.6.